The molecule has 274 valence electrons. The van der Waals surface area contributed by atoms with Gasteiger partial charge >= 0.3 is 23.9 Å². The van der Waals surface area contributed by atoms with Crippen LogP contribution in [0.15, 0.2) is 121 Å². The van der Waals surface area contributed by atoms with E-state index in [1.54, 1.807) is 0 Å². The molecule has 0 saturated carbocycles. The zero-order valence-electron chi connectivity index (χ0n) is 29.9. The highest BCUT2D eigenvalue weighted by Crippen LogP contribution is 2.15. The van der Waals surface area contributed by atoms with Gasteiger partial charge in [-0.15, -0.1) is 0 Å². The fourth-order valence-corrected chi connectivity index (χ4v) is 5.71. The van der Waals surface area contributed by atoms with Crippen molar-refractivity contribution in [1.29, 1.82) is 0 Å². The van der Waals surface area contributed by atoms with E-state index in [0.717, 1.165) is 22.3 Å². The van der Waals surface area contributed by atoms with Gasteiger partial charge in [0.2, 0.25) is 0 Å². The Morgan fingerprint density at radius 3 is 0.885 bits per heavy atom. The van der Waals surface area contributed by atoms with E-state index < -0.39 is 36.1 Å². The molecular formula is C44H50O8. The van der Waals surface area contributed by atoms with E-state index in [1.165, 1.54) is 0 Å². The molecule has 0 spiro atoms. The molecule has 0 aliphatic carbocycles. The largest absolute Gasteiger partial charge is 0.462 e. The lowest BCUT2D eigenvalue weighted by Gasteiger charge is -2.27. The lowest BCUT2D eigenvalue weighted by Crippen LogP contribution is -2.42. The first-order valence-corrected chi connectivity index (χ1v) is 18.3. The summed E-state index contributed by atoms with van der Waals surface area (Å²) in [5, 5.41) is 0. The highest BCUT2D eigenvalue weighted by atomic mass is 16.6. The molecule has 0 aliphatic rings. The van der Waals surface area contributed by atoms with Crippen LogP contribution in [-0.2, 0) is 63.8 Å². The van der Waals surface area contributed by atoms with E-state index in [1.807, 2.05) is 121 Å². The molecule has 0 aromatic heterocycles. The third kappa shape index (κ3) is 16.2. The van der Waals surface area contributed by atoms with Crippen molar-refractivity contribution < 1.29 is 38.1 Å². The zero-order valence-corrected chi connectivity index (χ0v) is 29.9. The molecule has 0 fully saturated rings. The Labute approximate surface area is 307 Å². The maximum Gasteiger partial charge on any atom is 0.306 e. The average molecular weight is 707 g/mol. The number of benzene rings is 4. The van der Waals surface area contributed by atoms with Crippen LogP contribution in [0.5, 0.6) is 0 Å². The summed E-state index contributed by atoms with van der Waals surface area (Å²) >= 11 is 0. The van der Waals surface area contributed by atoms with Crippen LogP contribution in [0.1, 0.15) is 73.6 Å². The lowest BCUT2D eigenvalue weighted by atomic mass is 10.1. The van der Waals surface area contributed by atoms with Gasteiger partial charge < -0.3 is 18.9 Å². The molecule has 0 unspecified atom stereocenters. The maximum atomic E-state index is 13.1. The van der Waals surface area contributed by atoms with Crippen molar-refractivity contribution in [3.8, 4) is 0 Å². The standard InChI is InChI=1S/C44H50O8/c45-41(29-13-25-35-17-5-1-6-18-35)49-33-39(51-43(47)31-15-27-37-21-9-3-10-22-37)40(52-44(48)32-16-28-38-23-11-4-12-24-38)34-50-42(46)30-14-26-36-19-7-2-8-20-36/h1-12,17-24,39-40H,13-16,25-34H2/t39-,40+. The molecule has 8 heteroatoms. The Morgan fingerprint density at radius 2 is 0.615 bits per heavy atom. The van der Waals surface area contributed by atoms with Gasteiger partial charge in [0.15, 0.2) is 12.2 Å². The number of carbonyl (C=O) groups is 4. The normalized spacial score (nSPS) is 11.9. The van der Waals surface area contributed by atoms with Gasteiger partial charge in [0, 0.05) is 25.7 Å². The van der Waals surface area contributed by atoms with E-state index >= 15 is 0 Å². The quantitative estimate of drug-likeness (QED) is 0.0565. The summed E-state index contributed by atoms with van der Waals surface area (Å²) in [6.45, 7) is -0.690. The van der Waals surface area contributed by atoms with Crippen molar-refractivity contribution in [1.82, 2.24) is 0 Å². The lowest BCUT2D eigenvalue weighted by molar-refractivity contribution is -0.182. The van der Waals surface area contributed by atoms with Crippen LogP contribution in [0, 0.1) is 0 Å². The molecule has 4 rings (SSSR count). The molecular weight excluding hydrogens is 656 g/mol. The first-order valence-electron chi connectivity index (χ1n) is 18.3. The van der Waals surface area contributed by atoms with Crippen molar-refractivity contribution in [2.45, 2.75) is 89.3 Å². The predicted molar refractivity (Wildman–Crippen MR) is 199 cm³/mol. The smallest absolute Gasteiger partial charge is 0.306 e. The average Bonchev–Trinajstić information content (AvgIpc) is 3.17. The number of hydrogen-bond acceptors (Lipinski definition) is 8. The Hall–Kier alpha value is -5.24. The number of rotatable bonds is 23. The molecule has 0 bridgehead atoms. The van der Waals surface area contributed by atoms with Crippen LogP contribution in [-0.4, -0.2) is 49.3 Å². The zero-order chi connectivity index (χ0) is 36.6. The molecule has 52 heavy (non-hydrogen) atoms. The topological polar surface area (TPSA) is 105 Å². The van der Waals surface area contributed by atoms with E-state index in [4.69, 9.17) is 18.9 Å². The van der Waals surface area contributed by atoms with E-state index in [9.17, 15) is 19.2 Å². The van der Waals surface area contributed by atoms with Gasteiger partial charge in [-0.05, 0) is 73.6 Å². The second-order valence-electron chi connectivity index (χ2n) is 12.8. The molecule has 0 heterocycles. The number of ether oxygens (including phenoxy) is 4. The summed E-state index contributed by atoms with van der Waals surface area (Å²) < 4.78 is 22.9. The van der Waals surface area contributed by atoms with Crippen molar-refractivity contribution in [3.05, 3.63) is 144 Å². The van der Waals surface area contributed by atoms with Crippen LogP contribution >= 0.6 is 0 Å². The van der Waals surface area contributed by atoms with Crippen molar-refractivity contribution in [2.75, 3.05) is 13.2 Å². The van der Waals surface area contributed by atoms with E-state index in [0.29, 0.717) is 51.4 Å². The number of aryl methyl sites for hydroxylation is 4. The van der Waals surface area contributed by atoms with Crippen molar-refractivity contribution in [3.63, 3.8) is 0 Å². The first-order chi connectivity index (χ1) is 25.4. The minimum absolute atomic E-state index is 0.105. The summed E-state index contributed by atoms with van der Waals surface area (Å²) in [6.07, 6.45) is 3.19. The van der Waals surface area contributed by atoms with Gasteiger partial charge in [0.1, 0.15) is 13.2 Å². The highest BCUT2D eigenvalue weighted by molar-refractivity contribution is 5.72. The molecule has 4 aromatic rings. The van der Waals surface area contributed by atoms with Crippen LogP contribution in [0.3, 0.4) is 0 Å². The van der Waals surface area contributed by atoms with Crippen LogP contribution in [0.4, 0.5) is 0 Å². The first kappa shape index (κ1) is 39.5. The minimum atomic E-state index is -1.17. The van der Waals surface area contributed by atoms with Gasteiger partial charge in [-0.2, -0.15) is 0 Å². The molecule has 0 N–H and O–H groups in total. The van der Waals surface area contributed by atoms with Crippen LogP contribution < -0.4 is 0 Å². The van der Waals surface area contributed by atoms with E-state index in [2.05, 4.69) is 0 Å². The highest BCUT2D eigenvalue weighted by Gasteiger charge is 2.32. The Balaban J connectivity index is 1.38. The minimum Gasteiger partial charge on any atom is -0.462 e. The maximum absolute atomic E-state index is 13.1. The Morgan fingerprint density at radius 1 is 0.365 bits per heavy atom. The summed E-state index contributed by atoms with van der Waals surface area (Å²) in [6, 6.07) is 39.3. The number of esters is 4. The number of hydrogen-bond donors (Lipinski definition) is 0. The van der Waals surface area contributed by atoms with Gasteiger partial charge in [0.05, 0.1) is 0 Å². The monoisotopic (exact) mass is 706 g/mol. The second kappa shape index (κ2) is 23.3. The summed E-state index contributed by atoms with van der Waals surface area (Å²) in [7, 11) is 0. The van der Waals surface area contributed by atoms with Crippen molar-refractivity contribution >= 4 is 23.9 Å². The molecule has 0 radical (unpaired) electrons. The SMILES string of the molecule is O=C(CCCc1ccccc1)OC[C@H](OC(=O)CCCc1ccccc1)[C@@H](COC(=O)CCCc1ccccc1)OC(=O)CCCc1ccccc1. The van der Waals surface area contributed by atoms with Gasteiger partial charge in [-0.1, -0.05) is 121 Å². The summed E-state index contributed by atoms with van der Waals surface area (Å²) in [5.74, 6) is -1.99. The Bertz CT molecular complexity index is 1490. The van der Waals surface area contributed by atoms with Crippen LogP contribution in [0.2, 0.25) is 0 Å². The summed E-state index contributed by atoms with van der Waals surface area (Å²) in [4.78, 5) is 51.9. The third-order valence-electron chi connectivity index (χ3n) is 8.55. The number of carbonyl (C=O) groups excluding carboxylic acids is 4. The molecule has 0 aliphatic heterocycles. The summed E-state index contributed by atoms with van der Waals surface area (Å²) in [5.41, 5.74) is 4.42. The van der Waals surface area contributed by atoms with Gasteiger partial charge in [-0.25, -0.2) is 0 Å². The van der Waals surface area contributed by atoms with Gasteiger partial charge in [-0.3, -0.25) is 19.2 Å². The fourth-order valence-electron chi connectivity index (χ4n) is 5.71. The van der Waals surface area contributed by atoms with Crippen LogP contribution in [0.25, 0.3) is 0 Å². The van der Waals surface area contributed by atoms with E-state index in [-0.39, 0.29) is 38.9 Å². The predicted octanol–water partition coefficient (Wildman–Crippen LogP) is 7.99. The fraction of sp³-hybridized carbons (Fsp3) is 0.364. The Kier molecular flexibility index (Phi) is 17.7. The molecule has 0 saturated heterocycles. The third-order valence-corrected chi connectivity index (χ3v) is 8.55. The molecule has 8 nitrogen and oxygen atoms in total. The molecule has 0 amide bonds. The van der Waals surface area contributed by atoms with Crippen molar-refractivity contribution in [2.24, 2.45) is 0 Å². The van der Waals surface area contributed by atoms with Gasteiger partial charge in [0.25, 0.3) is 0 Å². The molecule has 2 atom stereocenters. The molecule has 4 aromatic carbocycles. The second-order valence-corrected chi connectivity index (χ2v) is 12.8.